The molecule has 1 aliphatic rings. The number of aryl methyl sites for hydroxylation is 1. The van der Waals surface area contributed by atoms with E-state index in [0.717, 1.165) is 23.4 Å². The van der Waals surface area contributed by atoms with Crippen LogP contribution < -0.4 is 10.6 Å². The Morgan fingerprint density at radius 1 is 1.62 bits per heavy atom. The van der Waals surface area contributed by atoms with Gasteiger partial charge >= 0.3 is 0 Å². The third-order valence-corrected chi connectivity index (χ3v) is 3.25. The van der Waals surface area contributed by atoms with Crippen molar-refractivity contribution in [3.8, 4) is 0 Å². The van der Waals surface area contributed by atoms with Gasteiger partial charge in [-0.1, -0.05) is 0 Å². The lowest BCUT2D eigenvalue weighted by molar-refractivity contribution is 0.513. The smallest absolute Gasteiger partial charge is 0.143 e. The summed E-state index contributed by atoms with van der Waals surface area (Å²) in [5.74, 6) is 1.02. The standard InChI is InChI=1S/C9H12BrN3/c1-6-2-3-12-9(8(6)10)13-4-7(11)5-13/h2-3,7H,4-5,11H2,1H3. The average Bonchev–Trinajstić information content (AvgIpc) is 2.05. The lowest BCUT2D eigenvalue weighted by atomic mass is 10.1. The average molecular weight is 242 g/mol. The van der Waals surface area contributed by atoms with Crippen molar-refractivity contribution in [3.05, 3.63) is 22.3 Å². The molecule has 1 aromatic heterocycles. The quantitative estimate of drug-likeness (QED) is 0.807. The molecule has 1 fully saturated rings. The van der Waals surface area contributed by atoms with Crippen LogP contribution in [0.2, 0.25) is 0 Å². The second-order valence-corrected chi connectivity index (χ2v) is 4.22. The topological polar surface area (TPSA) is 42.2 Å². The zero-order valence-electron chi connectivity index (χ0n) is 7.50. The number of rotatable bonds is 1. The number of nitrogens with zero attached hydrogens (tertiary/aromatic N) is 2. The van der Waals surface area contributed by atoms with Gasteiger partial charge in [-0.05, 0) is 34.5 Å². The van der Waals surface area contributed by atoms with Gasteiger partial charge in [0.15, 0.2) is 0 Å². The van der Waals surface area contributed by atoms with Gasteiger partial charge in [0, 0.05) is 25.3 Å². The third-order valence-electron chi connectivity index (χ3n) is 2.27. The second-order valence-electron chi connectivity index (χ2n) is 3.43. The van der Waals surface area contributed by atoms with Crippen molar-refractivity contribution in [1.82, 2.24) is 4.98 Å². The Labute approximate surface area is 86.1 Å². The maximum atomic E-state index is 5.71. The molecule has 0 aliphatic carbocycles. The van der Waals surface area contributed by atoms with Gasteiger partial charge in [-0.25, -0.2) is 4.98 Å². The lowest BCUT2D eigenvalue weighted by Crippen LogP contribution is -2.56. The summed E-state index contributed by atoms with van der Waals surface area (Å²) in [5.41, 5.74) is 6.92. The maximum Gasteiger partial charge on any atom is 0.143 e. The van der Waals surface area contributed by atoms with Crippen molar-refractivity contribution in [3.63, 3.8) is 0 Å². The molecule has 0 spiro atoms. The van der Waals surface area contributed by atoms with Gasteiger partial charge in [0.25, 0.3) is 0 Å². The van der Waals surface area contributed by atoms with Crippen LogP contribution in [0.5, 0.6) is 0 Å². The Hall–Kier alpha value is -0.610. The minimum absolute atomic E-state index is 0.314. The van der Waals surface area contributed by atoms with Gasteiger partial charge in [0.2, 0.25) is 0 Å². The van der Waals surface area contributed by atoms with E-state index in [4.69, 9.17) is 5.73 Å². The van der Waals surface area contributed by atoms with Crippen LogP contribution in [0.4, 0.5) is 5.82 Å². The monoisotopic (exact) mass is 241 g/mol. The Balaban J connectivity index is 2.26. The van der Waals surface area contributed by atoms with Crippen molar-refractivity contribution in [2.24, 2.45) is 5.73 Å². The minimum atomic E-state index is 0.314. The summed E-state index contributed by atoms with van der Waals surface area (Å²) in [6, 6.07) is 2.31. The number of hydrogen-bond acceptors (Lipinski definition) is 3. The van der Waals surface area contributed by atoms with Crippen LogP contribution in [-0.4, -0.2) is 24.1 Å². The van der Waals surface area contributed by atoms with Gasteiger partial charge in [0.1, 0.15) is 5.82 Å². The first-order valence-corrected chi connectivity index (χ1v) is 5.09. The molecule has 13 heavy (non-hydrogen) atoms. The number of anilines is 1. The molecule has 3 nitrogen and oxygen atoms in total. The highest BCUT2D eigenvalue weighted by atomic mass is 79.9. The largest absolute Gasteiger partial charge is 0.352 e. The van der Waals surface area contributed by atoms with Gasteiger partial charge in [-0.3, -0.25) is 0 Å². The zero-order chi connectivity index (χ0) is 9.42. The van der Waals surface area contributed by atoms with Crippen molar-refractivity contribution < 1.29 is 0 Å². The van der Waals surface area contributed by atoms with E-state index in [-0.39, 0.29) is 0 Å². The molecule has 4 heteroatoms. The van der Waals surface area contributed by atoms with E-state index >= 15 is 0 Å². The Morgan fingerprint density at radius 2 is 2.31 bits per heavy atom. The molecule has 0 radical (unpaired) electrons. The Morgan fingerprint density at radius 3 is 2.92 bits per heavy atom. The number of nitrogens with two attached hydrogens (primary N) is 1. The minimum Gasteiger partial charge on any atom is -0.352 e. The van der Waals surface area contributed by atoms with E-state index in [1.165, 1.54) is 5.56 Å². The predicted molar refractivity (Wildman–Crippen MR) is 56.9 cm³/mol. The molecule has 1 saturated heterocycles. The number of hydrogen-bond donors (Lipinski definition) is 1. The van der Waals surface area contributed by atoms with Crippen LogP contribution in [0.1, 0.15) is 5.56 Å². The number of halogens is 1. The molecule has 0 aromatic carbocycles. The molecular weight excluding hydrogens is 230 g/mol. The van der Waals surface area contributed by atoms with Crippen molar-refractivity contribution in [1.29, 1.82) is 0 Å². The molecular formula is C9H12BrN3. The first-order valence-electron chi connectivity index (χ1n) is 4.30. The van der Waals surface area contributed by atoms with Crippen LogP contribution in [0, 0.1) is 6.92 Å². The summed E-state index contributed by atoms with van der Waals surface area (Å²) in [7, 11) is 0. The van der Waals surface area contributed by atoms with Gasteiger partial charge in [0.05, 0.1) is 4.47 Å². The van der Waals surface area contributed by atoms with Crippen molar-refractivity contribution in [2.75, 3.05) is 18.0 Å². The van der Waals surface area contributed by atoms with Crippen LogP contribution in [-0.2, 0) is 0 Å². The molecule has 2 rings (SSSR count). The van der Waals surface area contributed by atoms with E-state index in [1.807, 2.05) is 12.3 Å². The molecule has 0 unspecified atom stereocenters. The zero-order valence-corrected chi connectivity index (χ0v) is 9.08. The van der Waals surface area contributed by atoms with Crippen LogP contribution in [0.15, 0.2) is 16.7 Å². The van der Waals surface area contributed by atoms with Crippen LogP contribution >= 0.6 is 15.9 Å². The molecule has 0 atom stereocenters. The van der Waals surface area contributed by atoms with Crippen molar-refractivity contribution >= 4 is 21.7 Å². The summed E-state index contributed by atoms with van der Waals surface area (Å²) in [6.07, 6.45) is 1.83. The van der Waals surface area contributed by atoms with E-state index in [2.05, 4.69) is 32.7 Å². The molecule has 2 heterocycles. The van der Waals surface area contributed by atoms with Crippen LogP contribution in [0.25, 0.3) is 0 Å². The predicted octanol–water partition coefficient (Wildman–Crippen LogP) is 1.30. The molecule has 2 N–H and O–H groups in total. The first kappa shape index (κ1) is 8.97. The summed E-state index contributed by atoms with van der Waals surface area (Å²) < 4.78 is 1.09. The number of aromatic nitrogens is 1. The van der Waals surface area contributed by atoms with E-state index < -0.39 is 0 Å². The van der Waals surface area contributed by atoms with E-state index in [1.54, 1.807) is 0 Å². The second kappa shape index (κ2) is 3.27. The summed E-state index contributed by atoms with van der Waals surface area (Å²) >= 11 is 3.53. The molecule has 70 valence electrons. The van der Waals surface area contributed by atoms with E-state index in [9.17, 15) is 0 Å². The number of pyridine rings is 1. The van der Waals surface area contributed by atoms with Gasteiger partial charge < -0.3 is 10.6 Å². The lowest BCUT2D eigenvalue weighted by Gasteiger charge is -2.38. The molecule has 0 saturated carbocycles. The Kier molecular flexibility index (Phi) is 2.26. The van der Waals surface area contributed by atoms with Gasteiger partial charge in [-0.15, -0.1) is 0 Å². The van der Waals surface area contributed by atoms with Gasteiger partial charge in [-0.2, -0.15) is 0 Å². The van der Waals surface area contributed by atoms with Crippen molar-refractivity contribution in [2.45, 2.75) is 13.0 Å². The van der Waals surface area contributed by atoms with E-state index in [0.29, 0.717) is 6.04 Å². The summed E-state index contributed by atoms with van der Waals surface area (Å²) in [4.78, 5) is 6.50. The van der Waals surface area contributed by atoms with Crippen LogP contribution in [0.3, 0.4) is 0 Å². The summed E-state index contributed by atoms with van der Waals surface area (Å²) in [6.45, 7) is 3.89. The molecule has 0 bridgehead atoms. The maximum absolute atomic E-state index is 5.71. The molecule has 0 amide bonds. The summed E-state index contributed by atoms with van der Waals surface area (Å²) in [5, 5.41) is 0. The highest BCUT2D eigenvalue weighted by Crippen LogP contribution is 2.29. The molecule has 1 aromatic rings. The fourth-order valence-corrected chi connectivity index (χ4v) is 1.92. The molecule has 1 aliphatic heterocycles. The fraction of sp³-hybridized carbons (Fsp3) is 0.444. The highest BCUT2D eigenvalue weighted by molar-refractivity contribution is 9.10. The highest BCUT2D eigenvalue weighted by Gasteiger charge is 2.25. The Bertz CT molecular complexity index is 321. The third kappa shape index (κ3) is 1.56. The fourth-order valence-electron chi connectivity index (χ4n) is 1.43. The first-order chi connectivity index (χ1) is 6.18. The normalized spacial score (nSPS) is 17.3. The SMILES string of the molecule is Cc1ccnc(N2CC(N)C2)c1Br.